The van der Waals surface area contributed by atoms with Gasteiger partial charge in [0.1, 0.15) is 17.6 Å². The molecule has 1 aliphatic rings. The summed E-state index contributed by atoms with van der Waals surface area (Å²) in [4.78, 5) is 0. The highest BCUT2D eigenvalue weighted by Crippen LogP contribution is 2.25. The van der Waals surface area contributed by atoms with Crippen LogP contribution in [0.4, 0.5) is 0 Å². The van der Waals surface area contributed by atoms with Crippen LogP contribution in [0.3, 0.4) is 0 Å². The van der Waals surface area contributed by atoms with E-state index in [9.17, 15) is 0 Å². The molecule has 1 fully saturated rings. The lowest BCUT2D eigenvalue weighted by atomic mass is 10.2. The van der Waals surface area contributed by atoms with E-state index in [4.69, 9.17) is 25.2 Å². The average Bonchev–Trinajstić information content (AvgIpc) is 2.90. The highest BCUT2D eigenvalue weighted by molar-refractivity contribution is 5.97. The van der Waals surface area contributed by atoms with Gasteiger partial charge < -0.3 is 25.2 Å². The van der Waals surface area contributed by atoms with E-state index in [-0.39, 0.29) is 11.9 Å². The lowest BCUT2D eigenvalue weighted by molar-refractivity contribution is 0.141. The zero-order valence-corrected chi connectivity index (χ0v) is 10.1. The minimum Gasteiger partial charge on any atom is -0.497 e. The van der Waals surface area contributed by atoms with Crippen molar-refractivity contribution in [3.63, 3.8) is 0 Å². The van der Waals surface area contributed by atoms with Gasteiger partial charge in [-0.3, -0.25) is 0 Å². The highest BCUT2D eigenvalue weighted by Gasteiger charge is 2.18. The smallest absolute Gasteiger partial charge is 0.170 e. The fraction of sp³-hybridized carbons (Fsp3) is 0.417. The van der Waals surface area contributed by atoms with Gasteiger partial charge in [-0.25, -0.2) is 0 Å². The third-order valence-corrected chi connectivity index (χ3v) is 2.71. The van der Waals surface area contributed by atoms with Gasteiger partial charge in [0.25, 0.3) is 0 Å². The van der Waals surface area contributed by atoms with Gasteiger partial charge in [-0.05, 0) is 12.1 Å². The molecule has 0 spiro atoms. The van der Waals surface area contributed by atoms with Crippen molar-refractivity contribution in [1.29, 1.82) is 0 Å². The molecule has 6 nitrogen and oxygen atoms in total. The molecule has 0 saturated carbocycles. The van der Waals surface area contributed by atoms with Gasteiger partial charge in [-0.2, -0.15) is 0 Å². The van der Waals surface area contributed by atoms with E-state index in [0.717, 1.165) is 6.42 Å². The van der Waals surface area contributed by atoms with E-state index < -0.39 is 0 Å². The van der Waals surface area contributed by atoms with Crippen LogP contribution in [0.5, 0.6) is 11.5 Å². The summed E-state index contributed by atoms with van der Waals surface area (Å²) in [6.45, 7) is 1.29. The molecule has 98 valence electrons. The monoisotopic (exact) mass is 252 g/mol. The number of amidine groups is 1. The standard InChI is InChI=1S/C12H16N2O4/c1-16-10-4-8(12(13)14-15)5-11(6-10)18-9-2-3-17-7-9/h4-6,9,15H,2-3,7H2,1H3,(H2,13,14). The second-order valence-electron chi connectivity index (χ2n) is 3.99. The van der Waals surface area contributed by atoms with E-state index in [0.29, 0.717) is 30.3 Å². The molecular formula is C12H16N2O4. The molecule has 18 heavy (non-hydrogen) atoms. The number of nitrogens with two attached hydrogens (primary N) is 1. The van der Waals surface area contributed by atoms with Gasteiger partial charge in [0.15, 0.2) is 5.84 Å². The lowest BCUT2D eigenvalue weighted by Gasteiger charge is -2.14. The molecule has 0 radical (unpaired) electrons. The summed E-state index contributed by atoms with van der Waals surface area (Å²) in [7, 11) is 1.55. The van der Waals surface area contributed by atoms with Crippen molar-refractivity contribution in [2.45, 2.75) is 12.5 Å². The fourth-order valence-electron chi connectivity index (χ4n) is 1.76. The van der Waals surface area contributed by atoms with Gasteiger partial charge in [-0.15, -0.1) is 0 Å². The fourth-order valence-corrected chi connectivity index (χ4v) is 1.76. The number of oxime groups is 1. The summed E-state index contributed by atoms with van der Waals surface area (Å²) < 4.78 is 16.1. The quantitative estimate of drug-likeness (QED) is 0.361. The molecule has 1 saturated heterocycles. The Hall–Kier alpha value is -1.95. The molecule has 0 bridgehead atoms. The van der Waals surface area contributed by atoms with E-state index in [1.54, 1.807) is 25.3 Å². The number of hydrogen-bond donors (Lipinski definition) is 2. The molecule has 1 unspecified atom stereocenters. The number of ether oxygens (including phenoxy) is 3. The largest absolute Gasteiger partial charge is 0.497 e. The van der Waals surface area contributed by atoms with Crippen molar-refractivity contribution >= 4 is 5.84 Å². The molecule has 1 heterocycles. The molecule has 1 aromatic carbocycles. The Morgan fingerprint density at radius 1 is 1.44 bits per heavy atom. The number of methoxy groups -OCH3 is 1. The molecule has 0 aliphatic carbocycles. The zero-order chi connectivity index (χ0) is 13.0. The Morgan fingerprint density at radius 3 is 2.83 bits per heavy atom. The number of nitrogens with zero attached hydrogens (tertiary/aromatic N) is 1. The summed E-state index contributed by atoms with van der Waals surface area (Å²) in [5.41, 5.74) is 6.11. The summed E-state index contributed by atoms with van der Waals surface area (Å²) in [5, 5.41) is 11.7. The maximum absolute atomic E-state index is 8.69. The molecule has 1 atom stereocenters. The Morgan fingerprint density at radius 2 is 2.22 bits per heavy atom. The van der Waals surface area contributed by atoms with E-state index in [2.05, 4.69) is 5.16 Å². The van der Waals surface area contributed by atoms with Crippen molar-refractivity contribution < 1.29 is 19.4 Å². The second kappa shape index (κ2) is 5.59. The molecule has 0 amide bonds. The molecule has 6 heteroatoms. The van der Waals surface area contributed by atoms with Gasteiger partial charge >= 0.3 is 0 Å². The van der Waals surface area contributed by atoms with Crippen LogP contribution in [0.25, 0.3) is 0 Å². The first-order valence-corrected chi connectivity index (χ1v) is 5.64. The van der Waals surface area contributed by atoms with Crippen LogP contribution < -0.4 is 15.2 Å². The van der Waals surface area contributed by atoms with Crippen LogP contribution in [0.15, 0.2) is 23.4 Å². The SMILES string of the molecule is COc1cc(OC2CCOC2)cc(/C(N)=N/O)c1. The van der Waals surface area contributed by atoms with Crippen LogP contribution in [0.2, 0.25) is 0 Å². The Bertz CT molecular complexity index is 442. The topological polar surface area (TPSA) is 86.3 Å². The lowest BCUT2D eigenvalue weighted by Crippen LogP contribution is -2.17. The number of benzene rings is 1. The molecular weight excluding hydrogens is 236 g/mol. The summed E-state index contributed by atoms with van der Waals surface area (Å²) >= 11 is 0. The Balaban J connectivity index is 2.22. The van der Waals surface area contributed by atoms with Crippen LogP contribution in [-0.2, 0) is 4.74 Å². The van der Waals surface area contributed by atoms with Crippen LogP contribution in [0, 0.1) is 0 Å². The summed E-state index contributed by atoms with van der Waals surface area (Å²) in [5.74, 6) is 1.22. The van der Waals surface area contributed by atoms with E-state index in [1.807, 2.05) is 0 Å². The third kappa shape index (κ3) is 2.84. The van der Waals surface area contributed by atoms with E-state index >= 15 is 0 Å². The van der Waals surface area contributed by atoms with E-state index in [1.165, 1.54) is 0 Å². The third-order valence-electron chi connectivity index (χ3n) is 2.71. The predicted molar refractivity (Wildman–Crippen MR) is 65.4 cm³/mol. The average molecular weight is 252 g/mol. The Labute approximate surface area is 105 Å². The van der Waals surface area contributed by atoms with Crippen LogP contribution in [0.1, 0.15) is 12.0 Å². The van der Waals surface area contributed by atoms with Gasteiger partial charge in [0.2, 0.25) is 0 Å². The van der Waals surface area contributed by atoms with Crippen molar-refractivity contribution in [3.8, 4) is 11.5 Å². The first-order valence-electron chi connectivity index (χ1n) is 5.64. The van der Waals surface area contributed by atoms with Crippen LogP contribution >= 0.6 is 0 Å². The van der Waals surface area contributed by atoms with Crippen LogP contribution in [-0.4, -0.2) is 37.5 Å². The minimum absolute atomic E-state index is 0.0152. The van der Waals surface area contributed by atoms with Crippen molar-refractivity contribution in [2.24, 2.45) is 10.9 Å². The summed E-state index contributed by atoms with van der Waals surface area (Å²) in [6.07, 6.45) is 0.896. The summed E-state index contributed by atoms with van der Waals surface area (Å²) in [6, 6.07) is 5.13. The van der Waals surface area contributed by atoms with Crippen molar-refractivity contribution in [1.82, 2.24) is 0 Å². The molecule has 1 aromatic rings. The normalized spacial score (nSPS) is 19.8. The van der Waals surface area contributed by atoms with Gasteiger partial charge in [0, 0.05) is 18.1 Å². The molecule has 3 N–H and O–H groups in total. The molecule has 0 aromatic heterocycles. The second-order valence-corrected chi connectivity index (χ2v) is 3.99. The molecule has 2 rings (SSSR count). The van der Waals surface area contributed by atoms with Gasteiger partial charge in [-0.1, -0.05) is 5.16 Å². The maximum Gasteiger partial charge on any atom is 0.170 e. The maximum atomic E-state index is 8.69. The zero-order valence-electron chi connectivity index (χ0n) is 10.1. The predicted octanol–water partition coefficient (Wildman–Crippen LogP) is 0.957. The number of rotatable bonds is 4. The Kier molecular flexibility index (Phi) is 3.88. The first-order chi connectivity index (χ1) is 8.72. The minimum atomic E-state index is 0.0152. The van der Waals surface area contributed by atoms with Crippen molar-refractivity contribution in [2.75, 3.05) is 20.3 Å². The molecule has 1 aliphatic heterocycles. The highest BCUT2D eigenvalue weighted by atomic mass is 16.5. The number of hydrogen-bond acceptors (Lipinski definition) is 5. The first kappa shape index (κ1) is 12.5. The van der Waals surface area contributed by atoms with Gasteiger partial charge in [0.05, 0.1) is 20.3 Å². The van der Waals surface area contributed by atoms with Crippen molar-refractivity contribution in [3.05, 3.63) is 23.8 Å².